The maximum Gasteiger partial charge on any atom is 0.0522 e. The van der Waals surface area contributed by atoms with Crippen molar-refractivity contribution in [3.05, 3.63) is 41.0 Å². The van der Waals surface area contributed by atoms with Crippen molar-refractivity contribution in [2.24, 2.45) is 0 Å². The van der Waals surface area contributed by atoms with Gasteiger partial charge in [0.25, 0.3) is 0 Å². The van der Waals surface area contributed by atoms with Crippen LogP contribution in [0.15, 0.2) is 24.3 Å². The van der Waals surface area contributed by atoms with Crippen LogP contribution in [0.4, 0.5) is 0 Å². The van der Waals surface area contributed by atoms with E-state index >= 15 is 0 Å². The van der Waals surface area contributed by atoms with Crippen molar-refractivity contribution >= 4 is 17.2 Å². The zero-order valence-corrected chi connectivity index (χ0v) is 10.1. The van der Waals surface area contributed by atoms with Crippen molar-refractivity contribution in [3.63, 3.8) is 0 Å². The summed E-state index contributed by atoms with van der Waals surface area (Å²) in [5, 5.41) is 0.232. The van der Waals surface area contributed by atoms with Crippen LogP contribution in [-0.4, -0.2) is 5.38 Å². The highest BCUT2D eigenvalue weighted by Crippen LogP contribution is 2.29. The van der Waals surface area contributed by atoms with Crippen molar-refractivity contribution in [2.75, 3.05) is 0 Å². The molecule has 2 rings (SSSR count). The number of rotatable bonds is 1. The van der Waals surface area contributed by atoms with Crippen molar-refractivity contribution in [1.82, 2.24) is 0 Å². The third kappa shape index (κ3) is 2.43. The number of hydrogen-bond acceptors (Lipinski definition) is 0. The molecule has 0 amide bonds. The predicted octanol–water partition coefficient (Wildman–Crippen LogP) is 4.48. The molecule has 0 radical (unpaired) electrons. The molecular formula is C14H17Cl. The fraction of sp³-hybridized carbons (Fsp3) is 0.429. The Balaban J connectivity index is 2.33. The molecule has 80 valence electrons. The molecule has 0 fully saturated rings. The topological polar surface area (TPSA) is 0 Å². The van der Waals surface area contributed by atoms with Crippen molar-refractivity contribution < 1.29 is 0 Å². The van der Waals surface area contributed by atoms with Crippen LogP contribution in [0.3, 0.4) is 0 Å². The van der Waals surface area contributed by atoms with E-state index in [1.165, 1.54) is 35.1 Å². The average molecular weight is 221 g/mol. The molecule has 1 atom stereocenters. The number of aryl methyl sites for hydroxylation is 2. The van der Waals surface area contributed by atoms with Crippen LogP contribution in [0.1, 0.15) is 36.0 Å². The van der Waals surface area contributed by atoms with Gasteiger partial charge in [-0.1, -0.05) is 24.3 Å². The quantitative estimate of drug-likeness (QED) is 0.613. The lowest BCUT2D eigenvalue weighted by Crippen LogP contribution is -2.02. The summed E-state index contributed by atoms with van der Waals surface area (Å²) in [7, 11) is 0. The van der Waals surface area contributed by atoms with E-state index in [4.69, 9.17) is 11.6 Å². The molecule has 1 aliphatic carbocycles. The lowest BCUT2D eigenvalue weighted by molar-refractivity contribution is 0.747. The summed E-state index contributed by atoms with van der Waals surface area (Å²) in [6.07, 6.45) is 5.73. The monoisotopic (exact) mass is 220 g/mol. The molecule has 0 saturated carbocycles. The molecule has 1 heteroatoms. The zero-order chi connectivity index (χ0) is 10.8. The Morgan fingerprint density at radius 1 is 1.20 bits per heavy atom. The lowest BCUT2D eigenvalue weighted by Gasteiger charge is -2.17. The second-order valence-electron chi connectivity index (χ2n) is 4.40. The average Bonchev–Trinajstić information content (AvgIpc) is 2.22. The van der Waals surface area contributed by atoms with E-state index in [2.05, 4.69) is 38.1 Å². The number of halogens is 1. The largest absolute Gasteiger partial charge is 0.118 e. The molecule has 1 aliphatic rings. The molecule has 0 saturated heterocycles. The normalized spacial score (nSPS) is 21.3. The van der Waals surface area contributed by atoms with Crippen molar-refractivity contribution in [2.45, 2.75) is 38.5 Å². The predicted molar refractivity (Wildman–Crippen MR) is 67.4 cm³/mol. The summed E-state index contributed by atoms with van der Waals surface area (Å²) in [4.78, 5) is 0. The van der Waals surface area contributed by atoms with Crippen LogP contribution in [0.25, 0.3) is 5.57 Å². The minimum atomic E-state index is 0.232. The van der Waals surface area contributed by atoms with Gasteiger partial charge in [-0.05, 0) is 55.4 Å². The minimum absolute atomic E-state index is 0.232. The first-order valence-corrected chi connectivity index (χ1v) is 6.03. The van der Waals surface area contributed by atoms with E-state index in [9.17, 15) is 0 Å². The van der Waals surface area contributed by atoms with Gasteiger partial charge in [0, 0.05) is 0 Å². The number of alkyl halides is 1. The molecule has 0 nitrogen and oxygen atoms in total. The van der Waals surface area contributed by atoms with Crippen LogP contribution >= 0.6 is 11.6 Å². The Kier molecular flexibility index (Phi) is 3.16. The fourth-order valence-electron chi connectivity index (χ4n) is 2.05. The Bertz CT molecular complexity index is 390. The summed E-state index contributed by atoms with van der Waals surface area (Å²) in [6, 6.07) is 6.68. The molecule has 1 unspecified atom stereocenters. The second kappa shape index (κ2) is 4.40. The van der Waals surface area contributed by atoms with E-state index in [0.717, 1.165) is 6.42 Å². The zero-order valence-electron chi connectivity index (χ0n) is 9.39. The molecule has 1 aromatic rings. The van der Waals surface area contributed by atoms with Gasteiger partial charge in [0.2, 0.25) is 0 Å². The molecule has 0 spiro atoms. The van der Waals surface area contributed by atoms with Crippen LogP contribution in [0, 0.1) is 13.8 Å². The molecule has 15 heavy (non-hydrogen) atoms. The van der Waals surface area contributed by atoms with Gasteiger partial charge in [-0.3, -0.25) is 0 Å². The highest BCUT2D eigenvalue weighted by molar-refractivity contribution is 6.22. The van der Waals surface area contributed by atoms with Gasteiger partial charge in [-0.2, -0.15) is 0 Å². The van der Waals surface area contributed by atoms with Crippen LogP contribution in [0.5, 0.6) is 0 Å². The van der Waals surface area contributed by atoms with Gasteiger partial charge < -0.3 is 0 Å². The first-order valence-electron chi connectivity index (χ1n) is 5.59. The summed E-state index contributed by atoms with van der Waals surface area (Å²) in [5.74, 6) is 0. The molecule has 0 bridgehead atoms. The number of allylic oxidation sites excluding steroid dienone is 2. The van der Waals surface area contributed by atoms with Crippen molar-refractivity contribution in [3.8, 4) is 0 Å². The molecular weight excluding hydrogens is 204 g/mol. The van der Waals surface area contributed by atoms with Crippen LogP contribution in [-0.2, 0) is 0 Å². The highest BCUT2D eigenvalue weighted by Gasteiger charge is 2.12. The summed E-state index contributed by atoms with van der Waals surface area (Å²) >= 11 is 6.16. The smallest absolute Gasteiger partial charge is 0.0522 e. The van der Waals surface area contributed by atoms with E-state index < -0.39 is 0 Å². The third-order valence-corrected chi connectivity index (χ3v) is 3.53. The van der Waals surface area contributed by atoms with E-state index in [0.29, 0.717) is 0 Å². The third-order valence-electron chi connectivity index (χ3n) is 3.19. The highest BCUT2D eigenvalue weighted by atomic mass is 35.5. The summed E-state index contributed by atoms with van der Waals surface area (Å²) in [6.45, 7) is 4.32. The fourth-order valence-corrected chi connectivity index (χ4v) is 2.36. The molecule has 1 aromatic carbocycles. The van der Waals surface area contributed by atoms with Gasteiger partial charge in [-0.25, -0.2) is 0 Å². The maximum atomic E-state index is 6.16. The summed E-state index contributed by atoms with van der Waals surface area (Å²) in [5.41, 5.74) is 5.50. The van der Waals surface area contributed by atoms with E-state index in [1.54, 1.807) is 0 Å². The van der Waals surface area contributed by atoms with Gasteiger partial charge in [0.15, 0.2) is 0 Å². The minimum Gasteiger partial charge on any atom is -0.118 e. The van der Waals surface area contributed by atoms with Crippen molar-refractivity contribution in [1.29, 1.82) is 0 Å². The number of hydrogen-bond donors (Lipinski definition) is 0. The maximum absolute atomic E-state index is 6.16. The molecule has 0 N–H and O–H groups in total. The second-order valence-corrected chi connectivity index (χ2v) is 4.96. The number of benzene rings is 1. The Hall–Kier alpha value is -0.750. The van der Waals surface area contributed by atoms with Gasteiger partial charge in [0.05, 0.1) is 5.38 Å². The Labute approximate surface area is 97.0 Å². The van der Waals surface area contributed by atoms with Gasteiger partial charge in [-0.15, -0.1) is 11.6 Å². The molecule has 0 aromatic heterocycles. The molecule has 0 aliphatic heterocycles. The van der Waals surface area contributed by atoms with Gasteiger partial charge >= 0.3 is 0 Å². The standard InChI is InChI=1S/C14H17Cl/c1-10-6-7-13(8-11(10)2)12-4-3-5-14(15)9-12/h6-9,14H,3-5H2,1-2H3. The van der Waals surface area contributed by atoms with Crippen LogP contribution < -0.4 is 0 Å². The first-order chi connectivity index (χ1) is 7.16. The van der Waals surface area contributed by atoms with E-state index in [1.807, 2.05) is 0 Å². The SMILES string of the molecule is Cc1ccc(C2=CC(Cl)CCC2)cc1C. The molecule has 0 heterocycles. The first kappa shape index (κ1) is 10.8. The lowest BCUT2D eigenvalue weighted by atomic mass is 9.92. The Morgan fingerprint density at radius 2 is 2.00 bits per heavy atom. The van der Waals surface area contributed by atoms with Crippen LogP contribution in [0.2, 0.25) is 0 Å². The van der Waals surface area contributed by atoms with E-state index in [-0.39, 0.29) is 5.38 Å². The summed E-state index contributed by atoms with van der Waals surface area (Å²) < 4.78 is 0. The Morgan fingerprint density at radius 3 is 2.67 bits per heavy atom. The van der Waals surface area contributed by atoms with Gasteiger partial charge in [0.1, 0.15) is 0 Å².